The predicted molar refractivity (Wildman–Crippen MR) is 142 cm³/mol. The average molecular weight is 446 g/mol. The molecule has 3 heteroatoms. The summed E-state index contributed by atoms with van der Waals surface area (Å²) in [7, 11) is 0. The number of aromatic nitrogens is 3. The molecule has 1 heterocycles. The molecule has 0 radical (unpaired) electrons. The zero-order chi connectivity index (χ0) is 24.0. The maximum atomic E-state index is 4.57. The molecular weight excluding hydrogens is 414 g/mol. The van der Waals surface area contributed by atoms with Gasteiger partial charge >= 0.3 is 0 Å². The van der Waals surface area contributed by atoms with E-state index in [2.05, 4.69) is 103 Å². The van der Waals surface area contributed by atoms with Crippen LogP contribution in [-0.4, -0.2) is 14.8 Å². The first kappa shape index (κ1) is 23.2. The minimum Gasteiger partial charge on any atom is -0.275 e. The lowest BCUT2D eigenvalue weighted by Gasteiger charge is -2.19. The van der Waals surface area contributed by atoms with E-state index in [1.165, 1.54) is 11.1 Å². The minimum atomic E-state index is 0.124. The molecule has 170 valence electrons. The van der Waals surface area contributed by atoms with Gasteiger partial charge in [-0.15, -0.1) is 10.2 Å². The monoisotopic (exact) mass is 445 g/mol. The number of hydrogen-bond acceptors (Lipinski definition) is 2. The van der Waals surface area contributed by atoms with E-state index in [4.69, 9.17) is 0 Å². The van der Waals surface area contributed by atoms with Crippen LogP contribution in [0.15, 0.2) is 115 Å². The van der Waals surface area contributed by atoms with E-state index < -0.39 is 0 Å². The van der Waals surface area contributed by atoms with Gasteiger partial charge in [-0.25, -0.2) is 0 Å². The van der Waals surface area contributed by atoms with Crippen molar-refractivity contribution in [2.45, 2.75) is 33.1 Å². The highest BCUT2D eigenvalue weighted by Gasteiger charge is 2.18. The van der Waals surface area contributed by atoms with Crippen LogP contribution < -0.4 is 0 Å². The van der Waals surface area contributed by atoms with Gasteiger partial charge in [0.1, 0.15) is 0 Å². The SMILES string of the molecule is Cc1ccc(-c2nnc(-c3ccc(C(C)(C)C)cc3)n2-c2ccccc2)cc1.c1ccccc1. The van der Waals surface area contributed by atoms with Gasteiger partial charge in [0.15, 0.2) is 11.6 Å². The van der Waals surface area contributed by atoms with Gasteiger partial charge in [0.05, 0.1) is 0 Å². The zero-order valence-electron chi connectivity index (χ0n) is 20.3. The summed E-state index contributed by atoms with van der Waals surface area (Å²) in [5.74, 6) is 1.70. The van der Waals surface area contributed by atoms with E-state index >= 15 is 0 Å². The quantitative estimate of drug-likeness (QED) is 0.283. The van der Waals surface area contributed by atoms with E-state index in [1.54, 1.807) is 0 Å². The molecule has 34 heavy (non-hydrogen) atoms. The fraction of sp³-hybridized carbons (Fsp3) is 0.161. The molecule has 0 fully saturated rings. The van der Waals surface area contributed by atoms with Crippen LogP contribution >= 0.6 is 0 Å². The second-order valence-corrected chi connectivity index (χ2v) is 9.37. The number of aryl methyl sites for hydroxylation is 1. The summed E-state index contributed by atoms with van der Waals surface area (Å²) in [6, 6.07) is 39.4. The second kappa shape index (κ2) is 10.3. The van der Waals surface area contributed by atoms with Gasteiger partial charge in [-0.2, -0.15) is 0 Å². The van der Waals surface area contributed by atoms with Crippen molar-refractivity contribution in [1.82, 2.24) is 14.8 Å². The summed E-state index contributed by atoms with van der Waals surface area (Å²) < 4.78 is 2.14. The first-order valence-corrected chi connectivity index (χ1v) is 11.6. The highest BCUT2D eigenvalue weighted by atomic mass is 15.3. The molecule has 0 aliphatic carbocycles. The molecule has 0 aliphatic rings. The molecule has 0 spiro atoms. The van der Waals surface area contributed by atoms with Gasteiger partial charge < -0.3 is 0 Å². The fourth-order valence-electron chi connectivity index (χ4n) is 3.69. The molecule has 0 bridgehead atoms. The molecule has 5 rings (SSSR count). The first-order valence-electron chi connectivity index (χ1n) is 11.6. The predicted octanol–water partition coefficient (Wildman–Crippen LogP) is 7.89. The third kappa shape index (κ3) is 5.49. The van der Waals surface area contributed by atoms with Gasteiger partial charge in [0.25, 0.3) is 0 Å². The van der Waals surface area contributed by atoms with E-state index in [-0.39, 0.29) is 5.41 Å². The van der Waals surface area contributed by atoms with Crippen molar-refractivity contribution < 1.29 is 0 Å². The highest BCUT2D eigenvalue weighted by molar-refractivity contribution is 5.67. The molecule has 0 saturated carbocycles. The Morgan fingerprint density at radius 2 is 0.941 bits per heavy atom. The van der Waals surface area contributed by atoms with Gasteiger partial charge in [-0.1, -0.05) is 129 Å². The summed E-state index contributed by atoms with van der Waals surface area (Å²) >= 11 is 0. The topological polar surface area (TPSA) is 30.7 Å². The zero-order valence-corrected chi connectivity index (χ0v) is 20.3. The van der Waals surface area contributed by atoms with E-state index in [1.807, 2.05) is 54.6 Å². The molecule has 0 aliphatic heterocycles. The minimum absolute atomic E-state index is 0.124. The molecule has 0 unspecified atom stereocenters. The summed E-state index contributed by atoms with van der Waals surface area (Å²) in [6.45, 7) is 8.77. The molecule has 0 saturated heterocycles. The van der Waals surface area contributed by atoms with Crippen molar-refractivity contribution in [2.24, 2.45) is 0 Å². The smallest absolute Gasteiger partial charge is 0.168 e. The second-order valence-electron chi connectivity index (χ2n) is 9.37. The molecular formula is C31H31N3. The normalized spacial score (nSPS) is 10.9. The molecule has 5 aromatic rings. The molecule has 3 nitrogen and oxygen atoms in total. The van der Waals surface area contributed by atoms with E-state index in [0.717, 1.165) is 28.5 Å². The Hall–Kier alpha value is -3.98. The Bertz CT molecular complexity index is 1270. The Labute approximate surface area is 202 Å². The number of hydrogen-bond donors (Lipinski definition) is 0. The van der Waals surface area contributed by atoms with Crippen molar-refractivity contribution in [3.05, 3.63) is 126 Å². The number of benzene rings is 4. The molecule has 4 aromatic carbocycles. The van der Waals surface area contributed by atoms with Crippen molar-refractivity contribution in [2.75, 3.05) is 0 Å². The Balaban J connectivity index is 0.000000398. The molecule has 0 atom stereocenters. The van der Waals surface area contributed by atoms with Gasteiger partial charge in [0, 0.05) is 16.8 Å². The third-order valence-electron chi connectivity index (χ3n) is 5.66. The van der Waals surface area contributed by atoms with Gasteiger partial charge in [-0.3, -0.25) is 4.57 Å². The van der Waals surface area contributed by atoms with Crippen molar-refractivity contribution >= 4 is 0 Å². The van der Waals surface area contributed by atoms with Crippen molar-refractivity contribution in [3.63, 3.8) is 0 Å². The lowest BCUT2D eigenvalue weighted by atomic mass is 9.86. The van der Waals surface area contributed by atoms with Crippen LogP contribution in [0.4, 0.5) is 0 Å². The van der Waals surface area contributed by atoms with Crippen molar-refractivity contribution in [3.8, 4) is 28.5 Å². The maximum absolute atomic E-state index is 4.57. The lowest BCUT2D eigenvalue weighted by molar-refractivity contribution is 0.590. The van der Waals surface area contributed by atoms with Gasteiger partial charge in [0.2, 0.25) is 0 Å². The molecule has 0 amide bonds. The third-order valence-corrected chi connectivity index (χ3v) is 5.66. The Morgan fingerprint density at radius 1 is 0.529 bits per heavy atom. The number of nitrogens with zero attached hydrogens (tertiary/aromatic N) is 3. The van der Waals surface area contributed by atoms with Crippen LogP contribution in [0.1, 0.15) is 31.9 Å². The summed E-state index contributed by atoms with van der Waals surface area (Å²) in [4.78, 5) is 0. The van der Waals surface area contributed by atoms with E-state index in [9.17, 15) is 0 Å². The van der Waals surface area contributed by atoms with Crippen LogP contribution in [0.5, 0.6) is 0 Å². The van der Waals surface area contributed by atoms with Crippen LogP contribution in [0.25, 0.3) is 28.5 Å². The Morgan fingerprint density at radius 3 is 1.38 bits per heavy atom. The summed E-state index contributed by atoms with van der Waals surface area (Å²) in [5.41, 5.74) is 5.83. The molecule has 0 N–H and O–H groups in total. The number of rotatable bonds is 3. The largest absolute Gasteiger partial charge is 0.275 e. The molecule has 1 aromatic heterocycles. The van der Waals surface area contributed by atoms with Gasteiger partial charge in [-0.05, 0) is 30.0 Å². The lowest BCUT2D eigenvalue weighted by Crippen LogP contribution is -2.10. The average Bonchev–Trinajstić information content (AvgIpc) is 3.31. The maximum Gasteiger partial charge on any atom is 0.168 e. The van der Waals surface area contributed by atoms with Crippen LogP contribution in [0.2, 0.25) is 0 Å². The standard InChI is InChI=1S/C25H25N3.C6H6/c1-18-10-12-19(13-11-18)23-26-27-24(28(23)22-8-6-5-7-9-22)20-14-16-21(17-15-20)25(2,3)4;1-2-4-6-5-3-1/h5-17H,1-4H3;1-6H. The summed E-state index contributed by atoms with van der Waals surface area (Å²) in [5, 5.41) is 9.12. The van der Waals surface area contributed by atoms with Crippen LogP contribution in [0.3, 0.4) is 0 Å². The fourth-order valence-corrected chi connectivity index (χ4v) is 3.69. The summed E-state index contributed by atoms with van der Waals surface area (Å²) in [6.07, 6.45) is 0. The van der Waals surface area contributed by atoms with Crippen molar-refractivity contribution in [1.29, 1.82) is 0 Å². The first-order chi connectivity index (χ1) is 16.4. The number of para-hydroxylation sites is 1. The van der Waals surface area contributed by atoms with E-state index in [0.29, 0.717) is 0 Å². The Kier molecular flexibility index (Phi) is 7.03. The van der Waals surface area contributed by atoms with Crippen LogP contribution in [-0.2, 0) is 5.41 Å². The van der Waals surface area contributed by atoms with Crippen LogP contribution in [0, 0.1) is 6.92 Å². The highest BCUT2D eigenvalue weighted by Crippen LogP contribution is 2.30.